The van der Waals surface area contributed by atoms with Gasteiger partial charge in [-0.05, 0) is 69.2 Å². The van der Waals surface area contributed by atoms with E-state index in [0.717, 1.165) is 50.7 Å². The second kappa shape index (κ2) is 13.0. The van der Waals surface area contributed by atoms with Crippen LogP contribution in [0.3, 0.4) is 0 Å². The van der Waals surface area contributed by atoms with Crippen LogP contribution in [0.5, 0.6) is 5.75 Å². The predicted octanol–water partition coefficient (Wildman–Crippen LogP) is 4.08. The monoisotopic (exact) mass is 795 g/mol. The van der Waals surface area contributed by atoms with Crippen LogP contribution in [-0.4, -0.2) is 108 Å². The van der Waals surface area contributed by atoms with E-state index in [0.29, 0.717) is 61.3 Å². The number of likely N-dealkylation sites (N-methyl/N-ethyl adjacent to an activating group) is 1. The lowest BCUT2D eigenvalue weighted by Crippen LogP contribution is -2.47. The highest BCUT2D eigenvalue weighted by atomic mass is 35.5. The highest BCUT2D eigenvalue weighted by molar-refractivity contribution is 6.33. The van der Waals surface area contributed by atoms with E-state index in [2.05, 4.69) is 32.0 Å². The number of fused-ring (bicyclic) bond motifs is 5. The number of nitrogens with one attached hydrogen (secondary N) is 1. The van der Waals surface area contributed by atoms with Gasteiger partial charge in [-0.3, -0.25) is 19.3 Å². The van der Waals surface area contributed by atoms with E-state index in [1.54, 1.807) is 9.47 Å². The van der Waals surface area contributed by atoms with Crippen LogP contribution >= 0.6 is 11.6 Å². The third-order valence-electron chi connectivity index (χ3n) is 12.5. The summed E-state index contributed by atoms with van der Waals surface area (Å²) in [7, 11) is 2.05. The first kappa shape index (κ1) is 36.7. The van der Waals surface area contributed by atoms with Crippen molar-refractivity contribution in [1.82, 2.24) is 38.9 Å². The predicted molar refractivity (Wildman–Crippen MR) is 199 cm³/mol. The van der Waals surface area contributed by atoms with Gasteiger partial charge in [0.05, 0.1) is 22.4 Å². The molecule has 3 aromatic heterocycles. The van der Waals surface area contributed by atoms with Gasteiger partial charge in [-0.15, -0.1) is 5.10 Å². The smallest absolute Gasteiger partial charge is 0.416 e. The number of hydrogen-bond donors (Lipinski definition) is 2. The Morgan fingerprint density at radius 2 is 1.86 bits per heavy atom. The first-order valence-corrected chi connectivity index (χ1v) is 19.3. The van der Waals surface area contributed by atoms with E-state index in [1.807, 2.05) is 18.9 Å². The summed E-state index contributed by atoms with van der Waals surface area (Å²) in [6.45, 7) is 6.73. The van der Waals surface area contributed by atoms with Crippen molar-refractivity contribution in [3.63, 3.8) is 0 Å². The zero-order valence-electron chi connectivity index (χ0n) is 31.1. The van der Waals surface area contributed by atoms with E-state index < -0.39 is 29.0 Å². The zero-order chi connectivity index (χ0) is 39.4. The maximum atomic E-state index is 14.8. The molecule has 2 bridgehead atoms. The molecule has 296 valence electrons. The quantitative estimate of drug-likeness (QED) is 0.290. The summed E-state index contributed by atoms with van der Waals surface area (Å²) in [5.74, 6) is -0.179. The van der Waals surface area contributed by atoms with Gasteiger partial charge >= 0.3 is 6.18 Å². The Balaban J connectivity index is 1.07. The third-order valence-corrected chi connectivity index (χ3v) is 12.8. The van der Waals surface area contributed by atoms with Crippen molar-refractivity contribution in [2.45, 2.75) is 82.2 Å². The largest absolute Gasteiger partial charge is 0.503 e. The number of aromatic nitrogens is 6. The Morgan fingerprint density at radius 1 is 1.11 bits per heavy atom. The summed E-state index contributed by atoms with van der Waals surface area (Å²) in [6.07, 6.45) is 0.0939. The number of carbonyl (C=O) groups excluding carboxylic acids is 2. The number of carbonyl (C=O) groups is 2. The van der Waals surface area contributed by atoms with Crippen LogP contribution in [0.4, 0.5) is 30.6 Å². The Kier molecular flexibility index (Phi) is 8.54. The summed E-state index contributed by atoms with van der Waals surface area (Å²) in [5, 5.41) is 18.2. The highest BCUT2D eigenvalue weighted by Crippen LogP contribution is 2.51. The van der Waals surface area contributed by atoms with Crippen molar-refractivity contribution < 1.29 is 27.9 Å². The van der Waals surface area contributed by atoms with Gasteiger partial charge in [0.1, 0.15) is 12.9 Å². The molecule has 7 heterocycles. The summed E-state index contributed by atoms with van der Waals surface area (Å²) in [4.78, 5) is 63.5. The van der Waals surface area contributed by atoms with Crippen LogP contribution in [0.2, 0.25) is 5.02 Å². The van der Waals surface area contributed by atoms with Crippen LogP contribution in [0.15, 0.2) is 29.3 Å². The normalized spacial score (nSPS) is 24.3. The number of halogens is 4. The van der Waals surface area contributed by atoms with Gasteiger partial charge in [-0.1, -0.05) is 25.4 Å². The Hall–Kier alpha value is -4.97. The molecule has 0 radical (unpaired) electrons. The number of hydrogen-bond acceptors (Lipinski definition) is 11. The standard InChI is InChI=1S/C37H41ClF3N11O4/c1-19-13-22-16-47(3)31(19)51(22)34-45-35-50(17-25(53)44-24-6-5-21(14-23(24)38)37(39,40)41)28-20(2)15-36(26(28)32(55)52(35)46-34)7-11-49(12-8-36)33(56)27-29(54)30(43-18-42-27)48-9-4-10-48/h5-6,14,18-20,22,31,54H,4,7-13,15-17H2,1-3H3,(H,44,53)/t19-,20?,22?,31?/m0/s1. The van der Waals surface area contributed by atoms with Gasteiger partial charge in [0.2, 0.25) is 17.6 Å². The molecule has 2 N–H and O–H groups in total. The number of rotatable bonds is 6. The van der Waals surface area contributed by atoms with Crippen LogP contribution in [0.1, 0.15) is 79.2 Å². The van der Waals surface area contributed by atoms with Crippen LogP contribution in [-0.2, 0) is 22.9 Å². The fourth-order valence-electron chi connectivity index (χ4n) is 9.96. The molecule has 4 atom stereocenters. The summed E-state index contributed by atoms with van der Waals surface area (Å²) in [6, 6.07) is 2.88. The topological polar surface area (TPSA) is 157 Å². The molecule has 0 saturated carbocycles. The lowest BCUT2D eigenvalue weighted by atomic mass is 9.73. The fourth-order valence-corrected chi connectivity index (χ4v) is 10.2. The molecule has 15 nitrogen and oxygen atoms in total. The van der Waals surface area contributed by atoms with Gasteiger partial charge in [0.25, 0.3) is 11.5 Å². The van der Waals surface area contributed by atoms with Crippen molar-refractivity contribution in [3.05, 3.63) is 62.4 Å². The lowest BCUT2D eigenvalue weighted by Gasteiger charge is -2.39. The molecule has 9 rings (SSSR count). The summed E-state index contributed by atoms with van der Waals surface area (Å²) in [5.41, 5.74) is -0.828. The van der Waals surface area contributed by atoms with E-state index in [-0.39, 0.29) is 58.2 Å². The minimum absolute atomic E-state index is 0.0134. The molecule has 4 aromatic rings. The van der Waals surface area contributed by atoms with Crippen molar-refractivity contribution in [2.24, 2.45) is 5.92 Å². The van der Waals surface area contributed by atoms with E-state index in [4.69, 9.17) is 21.7 Å². The average Bonchev–Trinajstić information content (AvgIpc) is 3.86. The second-order valence-corrected chi connectivity index (χ2v) is 16.5. The van der Waals surface area contributed by atoms with Gasteiger partial charge in [-0.2, -0.15) is 22.7 Å². The Bertz CT molecular complexity index is 2330. The second-order valence-electron chi connectivity index (χ2n) is 16.1. The minimum atomic E-state index is -4.61. The molecule has 19 heteroatoms. The maximum absolute atomic E-state index is 14.8. The number of amides is 2. The molecule has 4 fully saturated rings. The van der Waals surface area contributed by atoms with E-state index in [1.165, 1.54) is 10.8 Å². The molecule has 5 aliphatic rings. The molecule has 56 heavy (non-hydrogen) atoms. The first-order chi connectivity index (χ1) is 26.6. The maximum Gasteiger partial charge on any atom is 0.416 e. The average molecular weight is 796 g/mol. The van der Waals surface area contributed by atoms with E-state index >= 15 is 0 Å². The van der Waals surface area contributed by atoms with Gasteiger partial charge in [0, 0.05) is 55.4 Å². The molecule has 4 aliphatic heterocycles. The number of nitrogens with zero attached hydrogens (tertiary/aromatic N) is 10. The molecule has 1 aromatic carbocycles. The number of alkyl halides is 3. The first-order valence-electron chi connectivity index (χ1n) is 18.9. The van der Waals surface area contributed by atoms with Crippen molar-refractivity contribution in [1.29, 1.82) is 0 Å². The van der Waals surface area contributed by atoms with Gasteiger partial charge in [0.15, 0.2) is 17.3 Å². The zero-order valence-corrected chi connectivity index (χ0v) is 31.8. The minimum Gasteiger partial charge on any atom is -0.503 e. The highest BCUT2D eigenvalue weighted by Gasteiger charge is 2.51. The molecular formula is C37H41ClF3N11O4. The Labute approximate surface area is 324 Å². The van der Waals surface area contributed by atoms with E-state index in [9.17, 15) is 32.7 Å². The van der Waals surface area contributed by atoms with Gasteiger partial charge in [-0.25, -0.2) is 9.97 Å². The fraction of sp³-hybridized carbons (Fsp3) is 0.541. The van der Waals surface area contributed by atoms with Crippen molar-refractivity contribution in [2.75, 3.05) is 54.9 Å². The van der Waals surface area contributed by atoms with Crippen LogP contribution in [0, 0.1) is 5.92 Å². The summed E-state index contributed by atoms with van der Waals surface area (Å²) < 4.78 is 43.0. The molecule has 4 saturated heterocycles. The number of benzene rings is 1. The molecule has 3 unspecified atom stereocenters. The van der Waals surface area contributed by atoms with Crippen molar-refractivity contribution in [3.8, 4) is 5.75 Å². The number of aromatic hydroxyl groups is 1. The number of likely N-dealkylation sites (tertiary alicyclic amines) is 2. The van der Waals surface area contributed by atoms with Gasteiger partial charge < -0.3 is 29.7 Å². The number of piperidine rings is 2. The molecular weight excluding hydrogens is 755 g/mol. The number of anilines is 3. The lowest BCUT2D eigenvalue weighted by molar-refractivity contribution is -0.137. The SMILES string of the molecule is CC1CC2(CCN(C(=O)c3ncnc(N4CCC4)c3O)CC2)c2c1n(CC(=O)Nc1ccc(C(F)(F)F)cc1Cl)c1nc(N3C4C[C@H](C)C3N(C)C4)nn1c2=O. The van der Waals surface area contributed by atoms with Crippen LogP contribution < -0.4 is 20.7 Å². The molecule has 1 aliphatic carbocycles. The van der Waals surface area contributed by atoms with Crippen LogP contribution in [0.25, 0.3) is 5.78 Å². The third kappa shape index (κ3) is 5.69. The summed E-state index contributed by atoms with van der Waals surface area (Å²) >= 11 is 6.21. The van der Waals surface area contributed by atoms with Crippen molar-refractivity contribution >= 4 is 46.6 Å². The Morgan fingerprint density at radius 3 is 2.50 bits per heavy atom. The molecule has 1 spiro atoms. The molecule has 2 amide bonds.